The maximum atomic E-state index is 13.4. The Morgan fingerprint density at radius 3 is 2.83 bits per heavy atom. The molecule has 2 aromatic carbocycles. The quantitative estimate of drug-likeness (QED) is 0.827. The lowest BCUT2D eigenvalue weighted by Crippen LogP contribution is -2.43. The number of anilines is 1. The van der Waals surface area contributed by atoms with Crippen LogP contribution in [0.1, 0.15) is 24.5 Å². The Kier molecular flexibility index (Phi) is 5.01. The first-order valence-electron chi connectivity index (χ1n) is 7.87. The van der Waals surface area contributed by atoms with E-state index in [1.165, 1.54) is 11.6 Å². The van der Waals surface area contributed by atoms with Gasteiger partial charge in [0.1, 0.15) is 5.82 Å². The monoisotopic (exact) mass is 329 g/mol. The van der Waals surface area contributed by atoms with Crippen molar-refractivity contribution in [2.45, 2.75) is 31.6 Å². The number of carbonyl (C=O) groups excluding carboxylic acids is 1. The molecule has 0 radical (unpaired) electrons. The number of amides is 1. The SMILES string of the molecule is CC1CCc2cc(F)ccc2N1C(=O)CSCc1ccccc1. The van der Waals surface area contributed by atoms with Gasteiger partial charge in [-0.15, -0.1) is 11.8 Å². The number of nitrogens with zero attached hydrogens (tertiary/aromatic N) is 1. The lowest BCUT2D eigenvalue weighted by Gasteiger charge is -2.35. The largest absolute Gasteiger partial charge is 0.309 e. The van der Waals surface area contributed by atoms with Gasteiger partial charge in [0.15, 0.2) is 0 Å². The second-order valence-corrected chi connectivity index (χ2v) is 6.89. The Bertz CT molecular complexity index is 689. The third-order valence-electron chi connectivity index (χ3n) is 4.18. The fourth-order valence-electron chi connectivity index (χ4n) is 3.00. The van der Waals surface area contributed by atoms with Gasteiger partial charge in [-0.25, -0.2) is 4.39 Å². The number of hydrogen-bond acceptors (Lipinski definition) is 2. The molecular weight excluding hydrogens is 309 g/mol. The molecule has 4 heteroatoms. The highest BCUT2D eigenvalue weighted by molar-refractivity contribution is 7.99. The molecule has 23 heavy (non-hydrogen) atoms. The number of rotatable bonds is 4. The topological polar surface area (TPSA) is 20.3 Å². The van der Waals surface area contributed by atoms with Gasteiger partial charge in [-0.1, -0.05) is 30.3 Å². The summed E-state index contributed by atoms with van der Waals surface area (Å²) >= 11 is 1.62. The third-order valence-corrected chi connectivity index (χ3v) is 5.17. The van der Waals surface area contributed by atoms with Crippen molar-refractivity contribution in [1.82, 2.24) is 0 Å². The number of thioether (sulfide) groups is 1. The summed E-state index contributed by atoms with van der Waals surface area (Å²) in [5.74, 6) is 1.14. The zero-order chi connectivity index (χ0) is 16.2. The van der Waals surface area contributed by atoms with E-state index < -0.39 is 0 Å². The van der Waals surface area contributed by atoms with Gasteiger partial charge in [0.2, 0.25) is 5.91 Å². The second kappa shape index (κ2) is 7.18. The standard InChI is InChI=1S/C19H20FNOS/c1-14-7-8-16-11-17(20)9-10-18(16)21(14)19(22)13-23-12-15-5-3-2-4-6-15/h2-6,9-11,14H,7-8,12-13H2,1H3. The molecule has 1 aliphatic heterocycles. The van der Waals surface area contributed by atoms with E-state index in [1.807, 2.05) is 23.1 Å². The summed E-state index contributed by atoms with van der Waals surface area (Å²) < 4.78 is 13.4. The fourth-order valence-corrected chi connectivity index (χ4v) is 3.84. The van der Waals surface area contributed by atoms with E-state index in [1.54, 1.807) is 23.9 Å². The highest BCUT2D eigenvalue weighted by atomic mass is 32.2. The zero-order valence-corrected chi connectivity index (χ0v) is 14.0. The minimum absolute atomic E-state index is 0.103. The summed E-state index contributed by atoms with van der Waals surface area (Å²) in [5.41, 5.74) is 3.03. The lowest BCUT2D eigenvalue weighted by atomic mass is 9.96. The predicted molar refractivity (Wildman–Crippen MR) is 94.3 cm³/mol. The van der Waals surface area contributed by atoms with Crippen molar-refractivity contribution < 1.29 is 9.18 Å². The van der Waals surface area contributed by atoms with Crippen LogP contribution in [-0.4, -0.2) is 17.7 Å². The average molecular weight is 329 g/mol. The highest BCUT2D eigenvalue weighted by Crippen LogP contribution is 2.32. The molecule has 2 aromatic rings. The van der Waals surface area contributed by atoms with Crippen molar-refractivity contribution >= 4 is 23.4 Å². The van der Waals surface area contributed by atoms with Crippen LogP contribution in [0.5, 0.6) is 0 Å². The molecule has 1 amide bonds. The minimum Gasteiger partial charge on any atom is -0.309 e. The normalized spacial score (nSPS) is 17.0. The molecule has 1 atom stereocenters. The van der Waals surface area contributed by atoms with Crippen molar-refractivity contribution in [2.75, 3.05) is 10.7 Å². The van der Waals surface area contributed by atoms with Crippen molar-refractivity contribution in [3.8, 4) is 0 Å². The molecule has 0 aliphatic carbocycles. The molecule has 0 bridgehead atoms. The van der Waals surface area contributed by atoms with Gasteiger partial charge in [-0.2, -0.15) is 0 Å². The molecule has 0 aromatic heterocycles. The summed E-state index contributed by atoms with van der Waals surface area (Å²) in [6.45, 7) is 2.06. The molecular formula is C19H20FNOS. The molecule has 0 fully saturated rings. The van der Waals surface area contributed by atoms with Crippen molar-refractivity contribution in [3.63, 3.8) is 0 Å². The van der Waals surface area contributed by atoms with Crippen LogP contribution < -0.4 is 4.90 Å². The number of carbonyl (C=O) groups is 1. The van der Waals surface area contributed by atoms with Gasteiger partial charge in [-0.3, -0.25) is 4.79 Å². The van der Waals surface area contributed by atoms with E-state index in [0.29, 0.717) is 5.75 Å². The van der Waals surface area contributed by atoms with Crippen LogP contribution in [0.25, 0.3) is 0 Å². The molecule has 120 valence electrons. The summed E-state index contributed by atoms with van der Waals surface area (Å²) in [5, 5.41) is 0. The van der Waals surface area contributed by atoms with Gasteiger partial charge in [-0.05, 0) is 49.1 Å². The van der Waals surface area contributed by atoms with E-state index in [2.05, 4.69) is 19.1 Å². The first-order valence-corrected chi connectivity index (χ1v) is 9.03. The molecule has 1 unspecified atom stereocenters. The van der Waals surface area contributed by atoms with Gasteiger partial charge >= 0.3 is 0 Å². The van der Waals surface area contributed by atoms with Crippen LogP contribution in [0, 0.1) is 5.82 Å². The Morgan fingerprint density at radius 2 is 2.04 bits per heavy atom. The Balaban J connectivity index is 1.67. The number of fused-ring (bicyclic) bond motifs is 1. The summed E-state index contributed by atoms with van der Waals surface area (Å²) in [7, 11) is 0. The van der Waals surface area contributed by atoms with Crippen LogP contribution in [0.2, 0.25) is 0 Å². The second-order valence-electron chi connectivity index (χ2n) is 5.90. The number of halogens is 1. The summed E-state index contributed by atoms with van der Waals surface area (Å²) in [6.07, 6.45) is 1.71. The van der Waals surface area contributed by atoms with Gasteiger partial charge in [0, 0.05) is 17.5 Å². The molecule has 3 rings (SSSR count). The van der Waals surface area contributed by atoms with Crippen molar-refractivity contribution in [2.24, 2.45) is 0 Å². The molecule has 1 aliphatic rings. The number of benzene rings is 2. The number of hydrogen-bond donors (Lipinski definition) is 0. The van der Waals surface area contributed by atoms with Gasteiger partial charge in [0.05, 0.1) is 5.75 Å². The van der Waals surface area contributed by atoms with Crippen LogP contribution in [0.3, 0.4) is 0 Å². The molecule has 0 saturated carbocycles. The van der Waals surface area contributed by atoms with Crippen molar-refractivity contribution in [3.05, 3.63) is 65.5 Å². The third kappa shape index (κ3) is 3.75. The first kappa shape index (κ1) is 16.1. The van der Waals surface area contributed by atoms with E-state index in [-0.39, 0.29) is 17.8 Å². The summed E-state index contributed by atoms with van der Waals surface area (Å²) in [6, 6.07) is 15.0. The molecule has 0 spiro atoms. The molecule has 2 nitrogen and oxygen atoms in total. The van der Waals surface area contributed by atoms with E-state index in [4.69, 9.17) is 0 Å². The Morgan fingerprint density at radius 1 is 1.26 bits per heavy atom. The zero-order valence-electron chi connectivity index (χ0n) is 13.2. The predicted octanol–water partition coefficient (Wildman–Crippen LogP) is 4.43. The van der Waals surface area contributed by atoms with Gasteiger partial charge in [0.25, 0.3) is 0 Å². The lowest BCUT2D eigenvalue weighted by molar-refractivity contribution is -0.116. The van der Waals surface area contributed by atoms with E-state index >= 15 is 0 Å². The summed E-state index contributed by atoms with van der Waals surface area (Å²) in [4.78, 5) is 14.5. The molecule has 0 saturated heterocycles. The fraction of sp³-hybridized carbons (Fsp3) is 0.316. The van der Waals surface area contributed by atoms with Crippen LogP contribution >= 0.6 is 11.8 Å². The maximum absolute atomic E-state index is 13.4. The van der Waals surface area contributed by atoms with Crippen LogP contribution in [-0.2, 0) is 17.0 Å². The smallest absolute Gasteiger partial charge is 0.237 e. The van der Waals surface area contributed by atoms with E-state index in [0.717, 1.165) is 29.8 Å². The van der Waals surface area contributed by atoms with Gasteiger partial charge < -0.3 is 4.90 Å². The Hall–Kier alpha value is -1.81. The highest BCUT2D eigenvalue weighted by Gasteiger charge is 2.28. The Labute approximate surface area is 140 Å². The minimum atomic E-state index is -0.232. The molecule has 0 N–H and O–H groups in total. The van der Waals surface area contributed by atoms with Crippen LogP contribution in [0.4, 0.5) is 10.1 Å². The first-order chi connectivity index (χ1) is 11.1. The van der Waals surface area contributed by atoms with E-state index in [9.17, 15) is 9.18 Å². The maximum Gasteiger partial charge on any atom is 0.237 e. The molecule has 1 heterocycles. The van der Waals surface area contributed by atoms with Crippen LogP contribution in [0.15, 0.2) is 48.5 Å². The number of aryl methyl sites for hydroxylation is 1. The average Bonchev–Trinajstić information content (AvgIpc) is 2.56. The van der Waals surface area contributed by atoms with Crippen molar-refractivity contribution in [1.29, 1.82) is 0 Å².